The van der Waals surface area contributed by atoms with Gasteiger partial charge in [-0.15, -0.1) is 0 Å². The highest BCUT2D eigenvalue weighted by Crippen LogP contribution is 2.31. The molecule has 1 aromatic carbocycles. The SMILES string of the molecule is COc1cc(N2CCN(C(=O)C(C)(C)N)CC2)ccc1[N+](=O)[O-]. The maximum absolute atomic E-state index is 12.2. The number of rotatable bonds is 4. The molecule has 0 atom stereocenters. The number of nitro benzene ring substituents is 1. The first-order valence-electron chi connectivity index (χ1n) is 7.39. The van der Waals surface area contributed by atoms with Crippen LogP contribution in [0.1, 0.15) is 13.8 Å². The molecule has 1 heterocycles. The number of hydrogen-bond acceptors (Lipinski definition) is 6. The second-order valence-electron chi connectivity index (χ2n) is 6.11. The van der Waals surface area contributed by atoms with Gasteiger partial charge < -0.3 is 20.3 Å². The second-order valence-corrected chi connectivity index (χ2v) is 6.11. The Hall–Kier alpha value is -2.35. The van der Waals surface area contributed by atoms with Crippen LogP contribution in [-0.4, -0.2) is 54.6 Å². The maximum Gasteiger partial charge on any atom is 0.311 e. The molecule has 8 nitrogen and oxygen atoms in total. The van der Waals surface area contributed by atoms with Crippen LogP contribution in [0.15, 0.2) is 18.2 Å². The van der Waals surface area contributed by atoms with Crippen molar-refractivity contribution in [2.75, 3.05) is 38.2 Å². The summed E-state index contributed by atoms with van der Waals surface area (Å²) in [7, 11) is 1.41. The number of hydrogen-bond donors (Lipinski definition) is 1. The standard InChI is InChI=1S/C15H22N4O4/c1-15(2,16)14(20)18-8-6-17(7-9-18)11-4-5-12(19(21)22)13(10-11)23-3/h4-5,10H,6-9,16H2,1-3H3. The zero-order valence-electron chi connectivity index (χ0n) is 13.6. The van der Waals surface area contributed by atoms with E-state index in [1.165, 1.54) is 13.2 Å². The Morgan fingerprint density at radius 3 is 2.39 bits per heavy atom. The molecule has 0 aromatic heterocycles. The first-order valence-corrected chi connectivity index (χ1v) is 7.39. The molecule has 2 rings (SSSR count). The highest BCUT2D eigenvalue weighted by Gasteiger charge is 2.30. The van der Waals surface area contributed by atoms with Crippen molar-refractivity contribution in [2.45, 2.75) is 19.4 Å². The Morgan fingerprint density at radius 2 is 1.91 bits per heavy atom. The molecule has 1 saturated heterocycles. The molecule has 8 heteroatoms. The summed E-state index contributed by atoms with van der Waals surface area (Å²) in [4.78, 5) is 26.5. The van der Waals surface area contributed by atoms with Gasteiger partial charge in [-0.1, -0.05) is 0 Å². The molecule has 0 radical (unpaired) electrons. The maximum atomic E-state index is 12.2. The van der Waals surface area contributed by atoms with Crippen molar-refractivity contribution in [1.82, 2.24) is 4.90 Å². The largest absolute Gasteiger partial charge is 0.490 e. The highest BCUT2D eigenvalue weighted by atomic mass is 16.6. The molecule has 126 valence electrons. The van der Waals surface area contributed by atoms with Gasteiger partial charge in [-0.05, 0) is 19.9 Å². The monoisotopic (exact) mass is 322 g/mol. The smallest absolute Gasteiger partial charge is 0.311 e. The molecular formula is C15H22N4O4. The number of nitrogens with zero attached hydrogens (tertiary/aromatic N) is 3. The van der Waals surface area contributed by atoms with Crippen LogP contribution in [0, 0.1) is 10.1 Å². The van der Waals surface area contributed by atoms with Gasteiger partial charge in [0.25, 0.3) is 0 Å². The molecule has 23 heavy (non-hydrogen) atoms. The fourth-order valence-electron chi connectivity index (χ4n) is 2.59. The number of carbonyl (C=O) groups excluding carboxylic acids is 1. The van der Waals surface area contributed by atoms with E-state index in [1.807, 2.05) is 0 Å². The Bertz CT molecular complexity index is 604. The molecule has 1 fully saturated rings. The van der Waals surface area contributed by atoms with Crippen LogP contribution in [0.5, 0.6) is 5.75 Å². The lowest BCUT2D eigenvalue weighted by Crippen LogP contribution is -2.57. The number of nitrogens with two attached hydrogens (primary N) is 1. The number of piperazine rings is 1. The van der Waals surface area contributed by atoms with Gasteiger partial charge in [-0.25, -0.2) is 0 Å². The first kappa shape index (κ1) is 17.0. The molecule has 0 spiro atoms. The van der Waals surface area contributed by atoms with E-state index in [9.17, 15) is 14.9 Å². The van der Waals surface area contributed by atoms with Crippen LogP contribution in [-0.2, 0) is 4.79 Å². The second kappa shape index (κ2) is 6.41. The third-order valence-corrected chi connectivity index (χ3v) is 3.84. The van der Waals surface area contributed by atoms with Gasteiger partial charge in [0.1, 0.15) is 0 Å². The van der Waals surface area contributed by atoms with E-state index in [0.29, 0.717) is 26.2 Å². The molecule has 0 aliphatic carbocycles. The number of amides is 1. The van der Waals surface area contributed by atoms with Gasteiger partial charge in [0, 0.05) is 44.0 Å². The lowest BCUT2D eigenvalue weighted by Gasteiger charge is -2.38. The summed E-state index contributed by atoms with van der Waals surface area (Å²) in [6, 6.07) is 4.79. The summed E-state index contributed by atoms with van der Waals surface area (Å²) in [6.45, 7) is 5.81. The third kappa shape index (κ3) is 3.70. The molecule has 1 aliphatic heterocycles. The summed E-state index contributed by atoms with van der Waals surface area (Å²) in [5.41, 5.74) is 5.76. The Labute approximate surface area is 134 Å². The summed E-state index contributed by atoms with van der Waals surface area (Å²) in [5, 5.41) is 10.9. The fraction of sp³-hybridized carbons (Fsp3) is 0.533. The van der Waals surface area contributed by atoms with Gasteiger partial charge in [0.2, 0.25) is 5.91 Å². The molecule has 0 bridgehead atoms. The normalized spacial score (nSPS) is 15.5. The van der Waals surface area contributed by atoms with E-state index in [2.05, 4.69) is 4.90 Å². The number of anilines is 1. The van der Waals surface area contributed by atoms with Crippen LogP contribution in [0.3, 0.4) is 0 Å². The lowest BCUT2D eigenvalue weighted by molar-refractivity contribution is -0.385. The van der Waals surface area contributed by atoms with Crippen molar-refractivity contribution in [3.63, 3.8) is 0 Å². The van der Waals surface area contributed by atoms with Crippen molar-refractivity contribution in [1.29, 1.82) is 0 Å². The number of benzene rings is 1. The average Bonchev–Trinajstić information content (AvgIpc) is 2.52. The van der Waals surface area contributed by atoms with Crippen LogP contribution in [0.2, 0.25) is 0 Å². The molecule has 2 N–H and O–H groups in total. The molecule has 0 unspecified atom stereocenters. The highest BCUT2D eigenvalue weighted by molar-refractivity contribution is 5.85. The summed E-state index contributed by atoms with van der Waals surface area (Å²) < 4.78 is 5.09. The van der Waals surface area contributed by atoms with Crippen molar-refractivity contribution >= 4 is 17.3 Å². The predicted molar refractivity (Wildman–Crippen MR) is 86.7 cm³/mol. The first-order chi connectivity index (χ1) is 10.7. The van der Waals surface area contributed by atoms with Gasteiger partial charge in [0.05, 0.1) is 17.6 Å². The summed E-state index contributed by atoms with van der Waals surface area (Å²) >= 11 is 0. The zero-order chi connectivity index (χ0) is 17.2. The Balaban J connectivity index is 2.09. The fourth-order valence-corrected chi connectivity index (χ4v) is 2.59. The minimum atomic E-state index is -0.876. The predicted octanol–water partition coefficient (Wildman–Crippen LogP) is 0.989. The molecular weight excluding hydrogens is 300 g/mol. The third-order valence-electron chi connectivity index (χ3n) is 3.84. The minimum absolute atomic E-state index is 0.0602. The van der Waals surface area contributed by atoms with Crippen LogP contribution < -0.4 is 15.4 Å². The quantitative estimate of drug-likeness (QED) is 0.655. The number of methoxy groups -OCH3 is 1. The minimum Gasteiger partial charge on any atom is -0.490 e. The molecule has 1 amide bonds. The van der Waals surface area contributed by atoms with Crippen LogP contribution in [0.4, 0.5) is 11.4 Å². The van der Waals surface area contributed by atoms with E-state index in [4.69, 9.17) is 10.5 Å². The van der Waals surface area contributed by atoms with Gasteiger partial charge in [-0.3, -0.25) is 14.9 Å². The Morgan fingerprint density at radius 1 is 1.30 bits per heavy atom. The number of carbonyl (C=O) groups is 1. The summed E-state index contributed by atoms with van der Waals surface area (Å²) in [6.07, 6.45) is 0. The van der Waals surface area contributed by atoms with Gasteiger partial charge in [0.15, 0.2) is 5.75 Å². The van der Waals surface area contributed by atoms with Crippen molar-refractivity contribution in [3.8, 4) is 5.75 Å². The molecule has 0 saturated carbocycles. The van der Waals surface area contributed by atoms with E-state index in [-0.39, 0.29) is 17.3 Å². The van der Waals surface area contributed by atoms with Crippen molar-refractivity contribution in [3.05, 3.63) is 28.3 Å². The summed E-state index contributed by atoms with van der Waals surface area (Å²) in [5.74, 6) is 0.160. The van der Waals surface area contributed by atoms with E-state index in [1.54, 1.807) is 30.9 Å². The van der Waals surface area contributed by atoms with E-state index >= 15 is 0 Å². The van der Waals surface area contributed by atoms with Crippen LogP contribution in [0.25, 0.3) is 0 Å². The van der Waals surface area contributed by atoms with Crippen molar-refractivity contribution < 1.29 is 14.5 Å². The van der Waals surface area contributed by atoms with Crippen molar-refractivity contribution in [2.24, 2.45) is 5.73 Å². The van der Waals surface area contributed by atoms with Gasteiger partial charge >= 0.3 is 5.69 Å². The molecule has 1 aromatic rings. The number of ether oxygens (including phenoxy) is 1. The number of nitro groups is 1. The van der Waals surface area contributed by atoms with Crippen LogP contribution >= 0.6 is 0 Å². The topological polar surface area (TPSA) is 102 Å². The van der Waals surface area contributed by atoms with E-state index < -0.39 is 10.5 Å². The Kier molecular flexibility index (Phi) is 4.74. The zero-order valence-corrected chi connectivity index (χ0v) is 13.6. The van der Waals surface area contributed by atoms with E-state index in [0.717, 1.165) is 5.69 Å². The average molecular weight is 322 g/mol. The van der Waals surface area contributed by atoms with Gasteiger partial charge in [-0.2, -0.15) is 0 Å². The molecule has 1 aliphatic rings. The lowest BCUT2D eigenvalue weighted by atomic mass is 10.0.